The lowest BCUT2D eigenvalue weighted by Gasteiger charge is -2.60. The van der Waals surface area contributed by atoms with E-state index in [0.717, 1.165) is 42.4 Å². The summed E-state index contributed by atoms with van der Waals surface area (Å²) in [5, 5.41) is 29.2. The average molecular weight is 572 g/mol. The van der Waals surface area contributed by atoms with Gasteiger partial charge < -0.3 is 20.0 Å². The number of carbonyl (C=O) groups excluding carboxylic acids is 1. The Hall–Kier alpha value is -2.93. The van der Waals surface area contributed by atoms with Crippen LogP contribution in [0.4, 0.5) is 0 Å². The number of nitrogens with zero attached hydrogens (tertiary/aromatic N) is 4. The number of rotatable bonds is 6. The van der Waals surface area contributed by atoms with E-state index in [0.29, 0.717) is 31.1 Å². The number of benzene rings is 1. The first-order chi connectivity index (χ1) is 19.7. The summed E-state index contributed by atoms with van der Waals surface area (Å²) < 4.78 is 1.95. The van der Waals surface area contributed by atoms with Gasteiger partial charge in [-0.2, -0.15) is 5.10 Å². The maximum atomic E-state index is 13.8. The maximum Gasteiger partial charge on any atom is 0.234 e. The van der Waals surface area contributed by atoms with Gasteiger partial charge in [-0.05, 0) is 85.5 Å². The summed E-state index contributed by atoms with van der Waals surface area (Å²) in [6.45, 7) is 12.5. The summed E-state index contributed by atoms with van der Waals surface area (Å²) >= 11 is 1.35. The fourth-order valence-electron chi connectivity index (χ4n) is 9.28. The third-order valence-corrected chi connectivity index (χ3v) is 12.1. The highest BCUT2D eigenvalue weighted by Gasteiger charge is 2.68. The molecule has 3 fully saturated rings. The minimum absolute atomic E-state index is 0.0719. The van der Waals surface area contributed by atoms with Crippen LogP contribution < -0.4 is 0 Å². The third kappa shape index (κ3) is 3.90. The molecule has 41 heavy (non-hydrogen) atoms. The van der Waals surface area contributed by atoms with Crippen LogP contribution in [0.1, 0.15) is 57.2 Å². The molecular formula is C32H37N5O3S. The molecule has 3 N–H and O–H groups in total. The highest BCUT2D eigenvalue weighted by atomic mass is 32.2. The van der Waals surface area contributed by atoms with Crippen molar-refractivity contribution >= 4 is 34.7 Å². The topological polar surface area (TPSA) is 108 Å². The van der Waals surface area contributed by atoms with Crippen LogP contribution in [0.5, 0.6) is 0 Å². The van der Waals surface area contributed by atoms with E-state index in [9.17, 15) is 15.0 Å². The normalized spacial score (nSPS) is 35.6. The van der Waals surface area contributed by atoms with Crippen molar-refractivity contribution in [3.63, 3.8) is 0 Å². The van der Waals surface area contributed by atoms with E-state index in [1.807, 2.05) is 35.1 Å². The van der Waals surface area contributed by atoms with Gasteiger partial charge in [0.15, 0.2) is 10.9 Å². The molecule has 0 saturated heterocycles. The monoisotopic (exact) mass is 571 g/mol. The van der Waals surface area contributed by atoms with Gasteiger partial charge in [0.05, 0.1) is 34.8 Å². The van der Waals surface area contributed by atoms with Gasteiger partial charge in [0.1, 0.15) is 12.1 Å². The number of nitrogens with one attached hydrogen (secondary N) is 1. The Balaban J connectivity index is 1.13. The van der Waals surface area contributed by atoms with Crippen LogP contribution in [-0.2, 0) is 17.8 Å². The predicted octanol–water partition coefficient (Wildman–Crippen LogP) is 4.92. The molecule has 0 spiro atoms. The van der Waals surface area contributed by atoms with Gasteiger partial charge >= 0.3 is 0 Å². The lowest BCUT2D eigenvalue weighted by Crippen LogP contribution is -2.62. The van der Waals surface area contributed by atoms with E-state index < -0.39 is 17.1 Å². The smallest absolute Gasteiger partial charge is 0.234 e. The zero-order valence-electron chi connectivity index (χ0n) is 23.6. The van der Waals surface area contributed by atoms with Crippen LogP contribution in [0.15, 0.2) is 41.2 Å². The Morgan fingerprint density at radius 3 is 2.93 bits per heavy atom. The largest absolute Gasteiger partial charge is 0.393 e. The van der Waals surface area contributed by atoms with Gasteiger partial charge in [-0.15, -0.1) is 0 Å². The van der Waals surface area contributed by atoms with Crippen molar-refractivity contribution in [1.82, 2.24) is 19.7 Å². The number of Topliss-reactive ketones (excluding diaryl/α,β-unsaturated/α-hetero) is 1. The number of aromatic amines is 1. The third-order valence-electron chi connectivity index (χ3n) is 11.2. The lowest BCUT2D eigenvalue weighted by atomic mass is 9.45. The number of hydrogen-bond donors (Lipinski definition) is 3. The maximum absolute atomic E-state index is 13.8. The summed E-state index contributed by atoms with van der Waals surface area (Å²) in [7, 11) is 0. The van der Waals surface area contributed by atoms with Gasteiger partial charge in [0.25, 0.3) is 0 Å². The van der Waals surface area contributed by atoms with Crippen molar-refractivity contribution in [3.05, 3.63) is 58.7 Å². The van der Waals surface area contributed by atoms with Crippen LogP contribution >= 0.6 is 11.8 Å². The average Bonchev–Trinajstić information content (AvgIpc) is 3.62. The Bertz CT molecular complexity index is 1570. The fourth-order valence-corrected chi connectivity index (χ4v) is 10.1. The number of H-pyrrole nitrogens is 1. The quantitative estimate of drug-likeness (QED) is 0.286. The van der Waals surface area contributed by atoms with Crippen molar-refractivity contribution in [3.8, 4) is 0 Å². The minimum atomic E-state index is -1.45. The minimum Gasteiger partial charge on any atom is -0.393 e. The van der Waals surface area contributed by atoms with Crippen LogP contribution in [0.25, 0.3) is 22.0 Å². The molecule has 2 heterocycles. The molecule has 8 nitrogen and oxygen atoms in total. The Kier molecular flexibility index (Phi) is 6.27. The number of thioether (sulfide) groups is 1. The molecule has 0 amide bonds. The van der Waals surface area contributed by atoms with Crippen LogP contribution in [0.3, 0.4) is 0 Å². The predicted molar refractivity (Wildman–Crippen MR) is 158 cm³/mol. The number of hydrogen-bond acceptors (Lipinski definition) is 6. The molecular weight excluding hydrogens is 534 g/mol. The Labute approximate surface area is 244 Å². The highest BCUT2D eigenvalue weighted by molar-refractivity contribution is 7.99. The second kappa shape index (κ2) is 9.55. The first kappa shape index (κ1) is 26.9. The molecule has 4 aliphatic rings. The van der Waals surface area contributed by atoms with Gasteiger partial charge in [-0.25, -0.2) is 11.6 Å². The number of ketones is 1. The molecule has 3 saturated carbocycles. The number of aliphatic hydroxyl groups is 2. The number of aliphatic hydroxyl groups excluding tert-OH is 1. The summed E-state index contributed by atoms with van der Waals surface area (Å²) in [4.78, 5) is 25.1. The molecule has 0 aliphatic heterocycles. The first-order valence-corrected chi connectivity index (χ1v) is 15.8. The molecule has 7 atom stereocenters. The molecule has 2 aromatic heterocycles. The van der Waals surface area contributed by atoms with Crippen molar-refractivity contribution in [1.29, 1.82) is 0 Å². The number of para-hydroxylation sites is 2. The molecule has 0 bridgehead atoms. The van der Waals surface area contributed by atoms with Crippen LogP contribution in [-0.4, -0.2) is 59.7 Å². The zero-order chi connectivity index (χ0) is 28.6. The van der Waals surface area contributed by atoms with Crippen molar-refractivity contribution in [2.24, 2.45) is 28.6 Å². The number of carbonyl (C=O) groups is 1. The van der Waals surface area contributed by atoms with Crippen molar-refractivity contribution in [2.45, 2.75) is 75.8 Å². The molecule has 7 rings (SSSR count). The summed E-state index contributed by atoms with van der Waals surface area (Å²) in [5.74, 6) is 0.489. The van der Waals surface area contributed by atoms with E-state index in [4.69, 9.17) is 6.57 Å². The molecule has 3 aromatic rings. The van der Waals surface area contributed by atoms with E-state index in [1.54, 1.807) is 0 Å². The van der Waals surface area contributed by atoms with E-state index in [-0.39, 0.29) is 34.7 Å². The van der Waals surface area contributed by atoms with Crippen molar-refractivity contribution in [2.75, 3.05) is 12.3 Å². The highest BCUT2D eigenvalue weighted by Crippen LogP contribution is 2.67. The zero-order valence-corrected chi connectivity index (χ0v) is 24.5. The molecule has 214 valence electrons. The van der Waals surface area contributed by atoms with Crippen LogP contribution in [0.2, 0.25) is 0 Å². The summed E-state index contributed by atoms with van der Waals surface area (Å²) in [5.41, 5.74) is 3.14. The van der Waals surface area contributed by atoms with E-state index >= 15 is 0 Å². The SMILES string of the molecule is [C-]#[N+]CCn1ncc2c1C=C1CCC3C(C(O)CC4(C)C3CC[C@]4(O)C(=O)CSc3nc4ccccc4[nH]3)C1(C)C2. The van der Waals surface area contributed by atoms with Gasteiger partial charge in [0, 0.05) is 5.41 Å². The van der Waals surface area contributed by atoms with Gasteiger partial charge in [-0.3, -0.25) is 9.48 Å². The molecule has 1 aromatic carbocycles. The second-order valence-corrected chi connectivity index (χ2v) is 14.1. The Morgan fingerprint density at radius 1 is 1.29 bits per heavy atom. The van der Waals surface area contributed by atoms with Gasteiger partial charge in [0.2, 0.25) is 6.54 Å². The first-order valence-electron chi connectivity index (χ1n) is 14.8. The fraction of sp³-hybridized carbons (Fsp3) is 0.562. The summed E-state index contributed by atoms with van der Waals surface area (Å²) in [6.07, 6.45) is 8.00. The molecule has 6 unspecified atom stereocenters. The molecule has 4 aliphatic carbocycles. The number of aromatic nitrogens is 4. The summed E-state index contributed by atoms with van der Waals surface area (Å²) in [6, 6.07) is 7.79. The van der Waals surface area contributed by atoms with E-state index in [1.165, 1.54) is 22.9 Å². The van der Waals surface area contributed by atoms with E-state index in [2.05, 4.69) is 39.8 Å². The standard InChI is InChI=1S/C32H37N5O3S/c1-30-15-19-17-34-37(13-12-33-3)25(19)14-20(30)8-9-21-22-10-11-32(40,31(22,2)16-26(38)28(21)30)27(39)18-41-29-35-23-6-4-5-7-24(23)36-29/h4-7,14,17,21-22,26,28,38,40H,8-13,15-16,18H2,1-2H3,(H,35,36)/t21?,22?,26?,28?,30?,31?,32-/m0/s1. The molecule has 9 heteroatoms. The van der Waals surface area contributed by atoms with Crippen molar-refractivity contribution < 1.29 is 15.0 Å². The Morgan fingerprint density at radius 2 is 2.12 bits per heavy atom. The number of fused-ring (bicyclic) bond motifs is 7. The lowest BCUT2D eigenvalue weighted by molar-refractivity contribution is -0.177. The van der Waals surface area contributed by atoms with Gasteiger partial charge in [-0.1, -0.05) is 43.3 Å². The second-order valence-electron chi connectivity index (χ2n) is 13.1. The molecule has 0 radical (unpaired) electrons. The van der Waals surface area contributed by atoms with Crippen LogP contribution in [0, 0.1) is 35.2 Å². The number of allylic oxidation sites excluding steroid dienone is 1. The number of imidazole rings is 1.